The summed E-state index contributed by atoms with van der Waals surface area (Å²) in [6.45, 7) is 10.2. The van der Waals surface area contributed by atoms with Gasteiger partial charge in [-0.05, 0) is 43.6 Å². The summed E-state index contributed by atoms with van der Waals surface area (Å²) in [5, 5.41) is 10.4. The summed E-state index contributed by atoms with van der Waals surface area (Å²) >= 11 is 0. The van der Waals surface area contributed by atoms with Crippen LogP contribution >= 0.6 is 0 Å². The SMILES string of the molecule is CC(C)C1CCCN1C1CCC(C)(C)C1O. The van der Waals surface area contributed by atoms with Gasteiger partial charge in [-0.1, -0.05) is 27.7 Å². The molecular formula is C14H27NO. The number of rotatable bonds is 2. The van der Waals surface area contributed by atoms with E-state index in [0.717, 1.165) is 5.92 Å². The molecule has 1 saturated heterocycles. The van der Waals surface area contributed by atoms with Crippen LogP contribution < -0.4 is 0 Å². The van der Waals surface area contributed by atoms with Gasteiger partial charge in [0, 0.05) is 12.1 Å². The molecule has 2 fully saturated rings. The Morgan fingerprint density at radius 2 is 1.94 bits per heavy atom. The minimum absolute atomic E-state index is 0.120. The van der Waals surface area contributed by atoms with Crippen LogP contribution in [0.2, 0.25) is 0 Å². The van der Waals surface area contributed by atoms with Crippen LogP contribution in [-0.2, 0) is 0 Å². The first kappa shape index (κ1) is 12.4. The second-order valence-corrected chi connectivity index (χ2v) is 6.73. The first-order valence-corrected chi connectivity index (χ1v) is 6.87. The van der Waals surface area contributed by atoms with E-state index >= 15 is 0 Å². The molecule has 2 aliphatic rings. The Labute approximate surface area is 100 Å². The van der Waals surface area contributed by atoms with Crippen LogP contribution in [-0.4, -0.2) is 34.7 Å². The van der Waals surface area contributed by atoms with Crippen LogP contribution in [0.5, 0.6) is 0 Å². The highest BCUT2D eigenvalue weighted by molar-refractivity contribution is 4.99. The predicted octanol–water partition coefficient (Wildman–Crippen LogP) is 2.66. The molecule has 2 heteroatoms. The maximum Gasteiger partial charge on any atom is 0.0746 e. The summed E-state index contributed by atoms with van der Waals surface area (Å²) in [5.41, 5.74) is 0.120. The van der Waals surface area contributed by atoms with Crippen LogP contribution in [0, 0.1) is 11.3 Å². The fraction of sp³-hybridized carbons (Fsp3) is 1.00. The number of aliphatic hydroxyl groups excluding tert-OH is 1. The smallest absolute Gasteiger partial charge is 0.0746 e. The van der Waals surface area contributed by atoms with Crippen molar-refractivity contribution < 1.29 is 5.11 Å². The molecule has 0 aromatic heterocycles. The van der Waals surface area contributed by atoms with E-state index in [0.29, 0.717) is 12.1 Å². The molecule has 1 heterocycles. The fourth-order valence-corrected chi connectivity index (χ4v) is 3.64. The minimum atomic E-state index is -0.133. The van der Waals surface area contributed by atoms with Gasteiger partial charge in [-0.2, -0.15) is 0 Å². The van der Waals surface area contributed by atoms with E-state index in [1.165, 1.54) is 32.2 Å². The van der Waals surface area contributed by atoms with Gasteiger partial charge in [0.1, 0.15) is 0 Å². The van der Waals surface area contributed by atoms with Crippen LogP contribution in [0.25, 0.3) is 0 Å². The number of likely N-dealkylation sites (tertiary alicyclic amines) is 1. The van der Waals surface area contributed by atoms with Gasteiger partial charge in [-0.15, -0.1) is 0 Å². The normalized spacial score (nSPS) is 39.8. The molecule has 0 aromatic carbocycles. The van der Waals surface area contributed by atoms with Crippen molar-refractivity contribution in [1.29, 1.82) is 0 Å². The lowest BCUT2D eigenvalue weighted by molar-refractivity contribution is 0.00383. The third-order valence-electron chi connectivity index (χ3n) is 4.79. The quantitative estimate of drug-likeness (QED) is 0.781. The molecule has 0 amide bonds. The largest absolute Gasteiger partial charge is 0.391 e. The monoisotopic (exact) mass is 225 g/mol. The second kappa shape index (κ2) is 4.30. The van der Waals surface area contributed by atoms with Crippen molar-refractivity contribution in [3.63, 3.8) is 0 Å². The third kappa shape index (κ3) is 2.02. The molecule has 94 valence electrons. The fourth-order valence-electron chi connectivity index (χ4n) is 3.64. The molecular weight excluding hydrogens is 198 g/mol. The molecule has 2 nitrogen and oxygen atoms in total. The number of hydrogen-bond acceptors (Lipinski definition) is 2. The van der Waals surface area contributed by atoms with Gasteiger partial charge in [0.15, 0.2) is 0 Å². The Balaban J connectivity index is 2.08. The Morgan fingerprint density at radius 1 is 1.25 bits per heavy atom. The predicted molar refractivity (Wildman–Crippen MR) is 67.4 cm³/mol. The summed E-state index contributed by atoms with van der Waals surface area (Å²) in [6, 6.07) is 1.12. The van der Waals surface area contributed by atoms with Crippen LogP contribution in [0.15, 0.2) is 0 Å². The number of aliphatic hydroxyl groups is 1. The van der Waals surface area contributed by atoms with Crippen molar-refractivity contribution in [2.24, 2.45) is 11.3 Å². The van der Waals surface area contributed by atoms with Crippen LogP contribution in [0.3, 0.4) is 0 Å². The van der Waals surface area contributed by atoms with Gasteiger partial charge >= 0.3 is 0 Å². The molecule has 3 unspecified atom stereocenters. The summed E-state index contributed by atoms with van der Waals surface area (Å²) in [7, 11) is 0. The van der Waals surface area contributed by atoms with Crippen LogP contribution in [0.1, 0.15) is 53.4 Å². The Hall–Kier alpha value is -0.0800. The van der Waals surface area contributed by atoms with Gasteiger partial charge in [-0.25, -0.2) is 0 Å². The van der Waals surface area contributed by atoms with Crippen molar-refractivity contribution in [1.82, 2.24) is 4.90 Å². The first-order valence-electron chi connectivity index (χ1n) is 6.87. The summed E-state index contributed by atoms with van der Waals surface area (Å²) in [4.78, 5) is 2.60. The molecule has 1 aliphatic carbocycles. The minimum Gasteiger partial charge on any atom is -0.391 e. The topological polar surface area (TPSA) is 23.5 Å². The molecule has 1 N–H and O–H groups in total. The molecule has 0 bridgehead atoms. The summed E-state index contributed by atoms with van der Waals surface area (Å²) < 4.78 is 0. The van der Waals surface area contributed by atoms with Crippen molar-refractivity contribution in [3.8, 4) is 0 Å². The lowest BCUT2D eigenvalue weighted by atomic mass is 9.88. The average molecular weight is 225 g/mol. The molecule has 0 radical (unpaired) electrons. The van der Waals surface area contributed by atoms with Gasteiger partial charge < -0.3 is 5.11 Å². The van der Waals surface area contributed by atoms with E-state index in [2.05, 4.69) is 32.6 Å². The van der Waals surface area contributed by atoms with E-state index in [1.807, 2.05) is 0 Å². The van der Waals surface area contributed by atoms with Crippen molar-refractivity contribution in [3.05, 3.63) is 0 Å². The maximum absolute atomic E-state index is 10.4. The Bertz CT molecular complexity index is 247. The first-order chi connectivity index (χ1) is 7.43. The lowest BCUT2D eigenvalue weighted by Gasteiger charge is -2.36. The zero-order chi connectivity index (χ0) is 11.9. The lowest BCUT2D eigenvalue weighted by Crippen LogP contribution is -2.47. The van der Waals surface area contributed by atoms with Crippen molar-refractivity contribution in [2.45, 2.75) is 71.6 Å². The number of nitrogens with zero attached hydrogens (tertiary/aromatic N) is 1. The number of hydrogen-bond donors (Lipinski definition) is 1. The third-order valence-corrected chi connectivity index (χ3v) is 4.79. The molecule has 0 spiro atoms. The zero-order valence-electron chi connectivity index (χ0n) is 11.2. The zero-order valence-corrected chi connectivity index (χ0v) is 11.2. The molecule has 3 atom stereocenters. The standard InChI is InChI=1S/C14H27NO/c1-10(2)11-6-5-9-15(11)12-7-8-14(3,4)13(12)16/h10-13,16H,5-9H2,1-4H3. The van der Waals surface area contributed by atoms with E-state index < -0.39 is 0 Å². The molecule has 2 rings (SSSR count). The van der Waals surface area contributed by atoms with Gasteiger partial charge in [0.05, 0.1) is 6.10 Å². The average Bonchev–Trinajstić information content (AvgIpc) is 2.74. The second-order valence-electron chi connectivity index (χ2n) is 6.73. The van der Waals surface area contributed by atoms with Crippen molar-refractivity contribution in [2.75, 3.05) is 6.54 Å². The summed E-state index contributed by atoms with van der Waals surface area (Å²) in [6.07, 6.45) is 4.84. The summed E-state index contributed by atoms with van der Waals surface area (Å²) in [5.74, 6) is 0.721. The van der Waals surface area contributed by atoms with Gasteiger partial charge in [0.25, 0.3) is 0 Å². The Kier molecular flexibility index (Phi) is 3.33. The molecule has 1 aliphatic heterocycles. The highest BCUT2D eigenvalue weighted by atomic mass is 16.3. The van der Waals surface area contributed by atoms with E-state index in [9.17, 15) is 5.11 Å². The van der Waals surface area contributed by atoms with Gasteiger partial charge in [0.2, 0.25) is 0 Å². The molecule has 16 heavy (non-hydrogen) atoms. The molecule has 1 saturated carbocycles. The van der Waals surface area contributed by atoms with Gasteiger partial charge in [-0.3, -0.25) is 4.90 Å². The Morgan fingerprint density at radius 3 is 2.44 bits per heavy atom. The maximum atomic E-state index is 10.4. The highest BCUT2D eigenvalue weighted by Crippen LogP contribution is 2.42. The van der Waals surface area contributed by atoms with E-state index in [1.54, 1.807) is 0 Å². The molecule has 0 aromatic rings. The van der Waals surface area contributed by atoms with E-state index in [4.69, 9.17) is 0 Å². The van der Waals surface area contributed by atoms with Crippen LogP contribution in [0.4, 0.5) is 0 Å². The van der Waals surface area contributed by atoms with Crippen molar-refractivity contribution >= 4 is 0 Å². The highest BCUT2D eigenvalue weighted by Gasteiger charge is 2.46. The van der Waals surface area contributed by atoms with E-state index in [-0.39, 0.29) is 11.5 Å².